The first-order valence-corrected chi connectivity index (χ1v) is 6.23. The van der Waals surface area contributed by atoms with Crippen molar-refractivity contribution in [3.63, 3.8) is 0 Å². The summed E-state index contributed by atoms with van der Waals surface area (Å²) in [5, 5.41) is 13.9. The standard InChI is InChI=1S/C13H13NO2S/c15-11-5-3-10(4-6-11)14-13(16)8-7-12-2-1-9-17-12/h1-6,9,15H,7-8H2,(H,14,16). The molecule has 0 atom stereocenters. The summed E-state index contributed by atoms with van der Waals surface area (Å²) in [7, 11) is 0. The van der Waals surface area contributed by atoms with E-state index in [4.69, 9.17) is 5.11 Å². The van der Waals surface area contributed by atoms with Crippen LogP contribution < -0.4 is 5.32 Å². The molecule has 0 spiro atoms. The summed E-state index contributed by atoms with van der Waals surface area (Å²) in [5.74, 6) is 0.186. The molecule has 2 rings (SSSR count). The van der Waals surface area contributed by atoms with Crippen molar-refractivity contribution in [2.75, 3.05) is 5.32 Å². The molecule has 0 saturated heterocycles. The monoisotopic (exact) mass is 247 g/mol. The molecule has 0 fully saturated rings. The molecule has 0 radical (unpaired) electrons. The maximum atomic E-state index is 11.6. The molecule has 0 aliphatic carbocycles. The van der Waals surface area contributed by atoms with Gasteiger partial charge in [-0.05, 0) is 42.1 Å². The van der Waals surface area contributed by atoms with Crippen LogP contribution in [0.4, 0.5) is 5.69 Å². The van der Waals surface area contributed by atoms with E-state index in [9.17, 15) is 4.79 Å². The van der Waals surface area contributed by atoms with Crippen LogP contribution in [-0.2, 0) is 11.2 Å². The molecule has 4 heteroatoms. The number of hydrogen-bond donors (Lipinski definition) is 2. The second-order valence-corrected chi connectivity index (χ2v) is 4.71. The molecule has 1 aromatic carbocycles. The van der Waals surface area contributed by atoms with Gasteiger partial charge in [-0.25, -0.2) is 0 Å². The van der Waals surface area contributed by atoms with Crippen LogP contribution in [0.3, 0.4) is 0 Å². The van der Waals surface area contributed by atoms with Crippen molar-refractivity contribution in [3.05, 3.63) is 46.7 Å². The van der Waals surface area contributed by atoms with Crippen LogP contribution in [-0.4, -0.2) is 11.0 Å². The fraction of sp³-hybridized carbons (Fsp3) is 0.154. The highest BCUT2D eigenvalue weighted by atomic mass is 32.1. The van der Waals surface area contributed by atoms with Gasteiger partial charge in [0.15, 0.2) is 0 Å². The lowest BCUT2D eigenvalue weighted by Gasteiger charge is -2.04. The van der Waals surface area contributed by atoms with Gasteiger partial charge in [0.05, 0.1) is 0 Å². The first-order chi connectivity index (χ1) is 8.24. The number of carbonyl (C=O) groups is 1. The third-order valence-corrected chi connectivity index (χ3v) is 3.27. The van der Waals surface area contributed by atoms with Crippen molar-refractivity contribution in [3.8, 4) is 5.75 Å². The number of nitrogens with one attached hydrogen (secondary N) is 1. The number of phenols is 1. The van der Waals surface area contributed by atoms with Crippen molar-refractivity contribution in [1.29, 1.82) is 0 Å². The van der Waals surface area contributed by atoms with E-state index in [1.807, 2.05) is 17.5 Å². The first-order valence-electron chi connectivity index (χ1n) is 5.35. The summed E-state index contributed by atoms with van der Waals surface area (Å²) < 4.78 is 0. The highest BCUT2D eigenvalue weighted by Crippen LogP contribution is 2.15. The summed E-state index contributed by atoms with van der Waals surface area (Å²) >= 11 is 1.66. The van der Waals surface area contributed by atoms with Crippen molar-refractivity contribution in [2.24, 2.45) is 0 Å². The highest BCUT2D eigenvalue weighted by Gasteiger charge is 2.03. The van der Waals surface area contributed by atoms with Gasteiger partial charge in [0.1, 0.15) is 5.75 Å². The van der Waals surface area contributed by atoms with Gasteiger partial charge in [0, 0.05) is 17.0 Å². The fourth-order valence-electron chi connectivity index (χ4n) is 1.46. The predicted octanol–water partition coefficient (Wildman–Crippen LogP) is 3.03. The van der Waals surface area contributed by atoms with E-state index >= 15 is 0 Å². The number of rotatable bonds is 4. The van der Waals surface area contributed by atoms with Gasteiger partial charge in [-0.1, -0.05) is 6.07 Å². The summed E-state index contributed by atoms with van der Waals surface area (Å²) in [6.45, 7) is 0. The molecule has 0 saturated carbocycles. The lowest BCUT2D eigenvalue weighted by atomic mass is 10.2. The third-order valence-electron chi connectivity index (χ3n) is 2.33. The Balaban J connectivity index is 1.83. The molecule has 2 N–H and O–H groups in total. The van der Waals surface area contributed by atoms with Gasteiger partial charge in [0.25, 0.3) is 0 Å². The Morgan fingerprint density at radius 3 is 2.65 bits per heavy atom. The summed E-state index contributed by atoms with van der Waals surface area (Å²) in [5.41, 5.74) is 0.707. The average Bonchev–Trinajstić information content (AvgIpc) is 2.83. The number of thiophene rings is 1. The van der Waals surface area contributed by atoms with Crippen LogP contribution in [0.2, 0.25) is 0 Å². The van der Waals surface area contributed by atoms with E-state index in [1.165, 1.54) is 4.88 Å². The number of aromatic hydroxyl groups is 1. The Hall–Kier alpha value is -1.81. The second kappa shape index (κ2) is 5.50. The van der Waals surface area contributed by atoms with E-state index in [2.05, 4.69) is 5.32 Å². The van der Waals surface area contributed by atoms with Crippen LogP contribution >= 0.6 is 11.3 Å². The van der Waals surface area contributed by atoms with E-state index in [0.29, 0.717) is 12.1 Å². The maximum Gasteiger partial charge on any atom is 0.224 e. The fourth-order valence-corrected chi connectivity index (χ4v) is 2.17. The van der Waals surface area contributed by atoms with Crippen LogP contribution in [0, 0.1) is 0 Å². The molecule has 3 nitrogen and oxygen atoms in total. The number of aryl methyl sites for hydroxylation is 1. The summed E-state index contributed by atoms with van der Waals surface area (Å²) in [6, 6.07) is 10.5. The van der Waals surface area contributed by atoms with Gasteiger partial charge in [-0.3, -0.25) is 4.79 Å². The van der Waals surface area contributed by atoms with Gasteiger partial charge < -0.3 is 10.4 Å². The number of phenolic OH excluding ortho intramolecular Hbond substituents is 1. The number of hydrogen-bond acceptors (Lipinski definition) is 3. The third kappa shape index (κ3) is 3.60. The van der Waals surface area contributed by atoms with Crippen LogP contribution in [0.25, 0.3) is 0 Å². The second-order valence-electron chi connectivity index (χ2n) is 3.67. The number of anilines is 1. The largest absolute Gasteiger partial charge is 0.508 e. The Morgan fingerprint density at radius 2 is 2.00 bits per heavy atom. The average molecular weight is 247 g/mol. The zero-order valence-corrected chi connectivity index (χ0v) is 10.0. The molecular weight excluding hydrogens is 234 g/mol. The van der Waals surface area contributed by atoms with Gasteiger partial charge >= 0.3 is 0 Å². The van der Waals surface area contributed by atoms with Crippen LogP contribution in [0.15, 0.2) is 41.8 Å². The summed E-state index contributed by atoms with van der Waals surface area (Å²) in [4.78, 5) is 12.8. The van der Waals surface area contributed by atoms with E-state index in [0.717, 1.165) is 6.42 Å². The molecule has 0 bridgehead atoms. The molecule has 0 unspecified atom stereocenters. The molecule has 17 heavy (non-hydrogen) atoms. The normalized spacial score (nSPS) is 10.1. The van der Waals surface area contributed by atoms with E-state index in [-0.39, 0.29) is 11.7 Å². The van der Waals surface area contributed by atoms with Crippen molar-refractivity contribution in [2.45, 2.75) is 12.8 Å². The molecule has 88 valence electrons. The van der Waals surface area contributed by atoms with Gasteiger partial charge in [-0.15, -0.1) is 11.3 Å². The minimum atomic E-state index is -0.0101. The molecule has 0 aliphatic heterocycles. The lowest BCUT2D eigenvalue weighted by Crippen LogP contribution is -2.11. The predicted molar refractivity (Wildman–Crippen MR) is 69.4 cm³/mol. The molecule has 1 heterocycles. The van der Waals surface area contributed by atoms with Crippen molar-refractivity contribution in [1.82, 2.24) is 0 Å². The highest BCUT2D eigenvalue weighted by molar-refractivity contribution is 7.09. The zero-order chi connectivity index (χ0) is 12.1. The van der Waals surface area contributed by atoms with E-state index < -0.39 is 0 Å². The maximum absolute atomic E-state index is 11.6. The van der Waals surface area contributed by atoms with Crippen molar-refractivity contribution >= 4 is 22.9 Å². The SMILES string of the molecule is O=C(CCc1cccs1)Nc1ccc(O)cc1. The minimum absolute atomic E-state index is 0.0101. The Morgan fingerprint density at radius 1 is 1.24 bits per heavy atom. The molecule has 1 aromatic heterocycles. The number of carbonyl (C=O) groups excluding carboxylic acids is 1. The Kier molecular flexibility index (Phi) is 3.77. The molecular formula is C13H13NO2S. The van der Waals surface area contributed by atoms with E-state index in [1.54, 1.807) is 35.6 Å². The number of amides is 1. The molecule has 0 aliphatic rings. The first kappa shape index (κ1) is 11.7. The van der Waals surface area contributed by atoms with Crippen LogP contribution in [0.5, 0.6) is 5.75 Å². The molecule has 1 amide bonds. The Bertz CT molecular complexity index is 477. The van der Waals surface area contributed by atoms with Crippen LogP contribution in [0.1, 0.15) is 11.3 Å². The van der Waals surface area contributed by atoms with Gasteiger partial charge in [-0.2, -0.15) is 0 Å². The van der Waals surface area contributed by atoms with Gasteiger partial charge in [0.2, 0.25) is 5.91 Å². The number of benzene rings is 1. The molecule has 2 aromatic rings. The minimum Gasteiger partial charge on any atom is -0.508 e. The Labute approximate surface area is 104 Å². The smallest absolute Gasteiger partial charge is 0.224 e. The zero-order valence-electron chi connectivity index (χ0n) is 9.22. The lowest BCUT2D eigenvalue weighted by molar-refractivity contribution is -0.116. The summed E-state index contributed by atoms with van der Waals surface area (Å²) in [6.07, 6.45) is 1.24. The van der Waals surface area contributed by atoms with Crippen molar-refractivity contribution < 1.29 is 9.90 Å². The quantitative estimate of drug-likeness (QED) is 0.816. The topological polar surface area (TPSA) is 49.3 Å².